The summed E-state index contributed by atoms with van der Waals surface area (Å²) in [5.41, 5.74) is -0.220. The number of nitrogens with zero attached hydrogens (tertiary/aromatic N) is 3. The van der Waals surface area contributed by atoms with Crippen LogP contribution in [0, 0.1) is 11.6 Å². The highest BCUT2D eigenvalue weighted by Gasteiger charge is 2.35. The van der Waals surface area contributed by atoms with Gasteiger partial charge in [0.2, 0.25) is 5.88 Å². The molecule has 2 aliphatic heterocycles. The lowest BCUT2D eigenvalue weighted by atomic mass is 10.2. The molecule has 1 aromatic carbocycles. The van der Waals surface area contributed by atoms with E-state index in [2.05, 4.69) is 4.98 Å². The number of halogens is 2. The summed E-state index contributed by atoms with van der Waals surface area (Å²) in [6, 6.07) is 5.01. The zero-order valence-electron chi connectivity index (χ0n) is 12.0. The first-order chi connectivity index (χ1) is 11.1. The number of rotatable bonds is 3. The summed E-state index contributed by atoms with van der Waals surface area (Å²) >= 11 is 0. The molecule has 0 radical (unpaired) electrons. The van der Waals surface area contributed by atoms with Crippen molar-refractivity contribution >= 4 is 5.82 Å². The smallest absolute Gasteiger partial charge is 0.352 e. The van der Waals surface area contributed by atoms with Crippen LogP contribution in [-0.4, -0.2) is 28.9 Å². The van der Waals surface area contributed by atoms with Crippen LogP contribution in [0.2, 0.25) is 0 Å². The van der Waals surface area contributed by atoms with Gasteiger partial charge in [0, 0.05) is 17.7 Å². The summed E-state index contributed by atoms with van der Waals surface area (Å²) in [6.45, 7) is 1.38. The van der Waals surface area contributed by atoms with Crippen LogP contribution in [0.1, 0.15) is 5.56 Å². The third-order valence-electron chi connectivity index (χ3n) is 4.03. The van der Waals surface area contributed by atoms with E-state index in [1.165, 1.54) is 6.07 Å². The van der Waals surface area contributed by atoms with Crippen molar-refractivity contribution in [2.24, 2.45) is 0 Å². The number of ether oxygens (including phenoxy) is 2. The molecule has 1 saturated heterocycles. The van der Waals surface area contributed by atoms with Crippen molar-refractivity contribution < 1.29 is 18.3 Å². The highest BCUT2D eigenvalue weighted by Crippen LogP contribution is 2.29. The van der Waals surface area contributed by atoms with E-state index in [0.717, 1.165) is 12.1 Å². The maximum Gasteiger partial charge on any atom is 0.352 e. The number of hydrogen-bond donors (Lipinski definition) is 0. The zero-order valence-corrected chi connectivity index (χ0v) is 12.0. The van der Waals surface area contributed by atoms with Crippen molar-refractivity contribution in [3.8, 4) is 5.88 Å². The molecular weight excluding hydrogens is 308 g/mol. The minimum absolute atomic E-state index is 0.109. The quantitative estimate of drug-likeness (QED) is 0.852. The number of benzene rings is 1. The van der Waals surface area contributed by atoms with Crippen LogP contribution in [0.3, 0.4) is 0 Å². The molecule has 6 nitrogen and oxygen atoms in total. The summed E-state index contributed by atoms with van der Waals surface area (Å²) < 4.78 is 38.8. The Bertz CT molecular complexity index is 824. The van der Waals surface area contributed by atoms with Crippen molar-refractivity contribution in [2.45, 2.75) is 19.2 Å². The van der Waals surface area contributed by atoms with Gasteiger partial charge >= 0.3 is 5.69 Å². The van der Waals surface area contributed by atoms with E-state index in [1.54, 1.807) is 10.6 Å². The third-order valence-corrected chi connectivity index (χ3v) is 4.03. The Morgan fingerprint density at radius 1 is 1.35 bits per heavy atom. The fraction of sp³-hybridized carbons (Fsp3) is 0.333. The molecule has 120 valence electrons. The Hall–Kier alpha value is -2.48. The van der Waals surface area contributed by atoms with Gasteiger partial charge in [0.25, 0.3) is 0 Å². The molecule has 4 rings (SSSR count). The van der Waals surface area contributed by atoms with Crippen LogP contribution < -0.4 is 15.3 Å². The second-order valence-electron chi connectivity index (χ2n) is 5.49. The van der Waals surface area contributed by atoms with Crippen LogP contribution in [0.25, 0.3) is 0 Å². The lowest BCUT2D eigenvalue weighted by Crippen LogP contribution is -2.26. The lowest BCUT2D eigenvalue weighted by Gasteiger charge is -2.15. The lowest BCUT2D eigenvalue weighted by molar-refractivity contribution is 0.189. The van der Waals surface area contributed by atoms with Crippen LogP contribution in [0.5, 0.6) is 5.88 Å². The zero-order chi connectivity index (χ0) is 16.0. The van der Waals surface area contributed by atoms with Crippen LogP contribution in [-0.2, 0) is 17.9 Å². The van der Waals surface area contributed by atoms with Gasteiger partial charge in [-0.3, -0.25) is 4.57 Å². The van der Waals surface area contributed by atoms with Gasteiger partial charge in [-0.25, -0.2) is 13.6 Å². The standard InChI is InChI=1S/C15H13F2N3O3/c16-10-2-1-9(12(17)3-10)6-23-13-4-14-19(15(21)18-13)5-11-7-22-8-20(11)14/h1-4,11H,5-8H2/t11-/m0/s1. The van der Waals surface area contributed by atoms with Gasteiger partial charge < -0.3 is 14.4 Å². The number of fused-ring (bicyclic) bond motifs is 3. The molecule has 0 saturated carbocycles. The molecule has 1 fully saturated rings. The molecule has 0 N–H and O–H groups in total. The first-order valence-electron chi connectivity index (χ1n) is 7.15. The molecule has 8 heteroatoms. The second kappa shape index (κ2) is 5.31. The fourth-order valence-electron chi connectivity index (χ4n) is 2.84. The van der Waals surface area contributed by atoms with Gasteiger partial charge in [0.05, 0.1) is 19.2 Å². The SMILES string of the molecule is O=c1nc(OCc2ccc(F)cc2F)cc2n1C[C@H]1COCN21. The first kappa shape index (κ1) is 14.1. The van der Waals surface area contributed by atoms with E-state index >= 15 is 0 Å². The van der Waals surface area contributed by atoms with Crippen molar-refractivity contribution in [1.82, 2.24) is 9.55 Å². The molecular formula is C15H13F2N3O3. The minimum Gasteiger partial charge on any atom is -0.472 e. The van der Waals surface area contributed by atoms with E-state index in [9.17, 15) is 13.6 Å². The Morgan fingerprint density at radius 3 is 3.04 bits per heavy atom. The van der Waals surface area contributed by atoms with Crippen molar-refractivity contribution in [3.05, 3.63) is 51.9 Å². The summed E-state index contributed by atoms with van der Waals surface area (Å²) in [4.78, 5) is 17.9. The molecule has 0 unspecified atom stereocenters. The summed E-state index contributed by atoms with van der Waals surface area (Å²) in [5, 5.41) is 0. The van der Waals surface area contributed by atoms with Gasteiger partial charge in [0.15, 0.2) is 0 Å². The molecule has 1 atom stereocenters. The van der Waals surface area contributed by atoms with Gasteiger partial charge in [0.1, 0.15) is 30.8 Å². The van der Waals surface area contributed by atoms with E-state index in [0.29, 0.717) is 25.7 Å². The second-order valence-corrected chi connectivity index (χ2v) is 5.49. The third kappa shape index (κ3) is 2.44. The molecule has 0 bridgehead atoms. The van der Waals surface area contributed by atoms with Gasteiger partial charge in [-0.1, -0.05) is 0 Å². The molecule has 23 heavy (non-hydrogen) atoms. The molecule has 3 heterocycles. The van der Waals surface area contributed by atoms with Crippen LogP contribution >= 0.6 is 0 Å². The number of aromatic nitrogens is 2. The van der Waals surface area contributed by atoms with Gasteiger partial charge in [-0.05, 0) is 12.1 Å². The highest BCUT2D eigenvalue weighted by atomic mass is 19.1. The van der Waals surface area contributed by atoms with E-state index in [-0.39, 0.29) is 24.1 Å². The average Bonchev–Trinajstić information content (AvgIpc) is 3.08. The minimum atomic E-state index is -0.698. The maximum atomic E-state index is 13.6. The fourth-order valence-corrected chi connectivity index (χ4v) is 2.84. The van der Waals surface area contributed by atoms with Crippen molar-refractivity contribution in [3.63, 3.8) is 0 Å². The largest absolute Gasteiger partial charge is 0.472 e. The van der Waals surface area contributed by atoms with Gasteiger partial charge in [-0.2, -0.15) is 4.98 Å². The van der Waals surface area contributed by atoms with E-state index < -0.39 is 17.3 Å². The Morgan fingerprint density at radius 2 is 2.22 bits per heavy atom. The van der Waals surface area contributed by atoms with Crippen LogP contribution in [0.15, 0.2) is 29.1 Å². The Balaban J connectivity index is 1.57. The molecule has 1 aromatic heterocycles. The van der Waals surface area contributed by atoms with Crippen LogP contribution in [0.4, 0.5) is 14.6 Å². The predicted octanol–water partition coefficient (Wildman–Crippen LogP) is 1.28. The highest BCUT2D eigenvalue weighted by molar-refractivity contribution is 5.47. The Kier molecular flexibility index (Phi) is 3.26. The Labute approximate surface area is 129 Å². The molecule has 0 amide bonds. The van der Waals surface area contributed by atoms with Crippen molar-refractivity contribution in [1.29, 1.82) is 0 Å². The summed E-state index contributed by atoms with van der Waals surface area (Å²) in [5.74, 6) is -0.560. The first-order valence-corrected chi connectivity index (χ1v) is 7.15. The normalized spacial score (nSPS) is 18.9. The topological polar surface area (TPSA) is 56.6 Å². The molecule has 2 aromatic rings. The molecule has 0 aliphatic carbocycles. The summed E-state index contributed by atoms with van der Waals surface area (Å²) in [6.07, 6.45) is 0. The maximum absolute atomic E-state index is 13.6. The number of anilines is 1. The monoisotopic (exact) mass is 321 g/mol. The molecule has 2 aliphatic rings. The van der Waals surface area contributed by atoms with E-state index in [1.807, 2.05) is 4.90 Å². The summed E-state index contributed by atoms with van der Waals surface area (Å²) in [7, 11) is 0. The van der Waals surface area contributed by atoms with Crippen molar-refractivity contribution in [2.75, 3.05) is 18.2 Å². The van der Waals surface area contributed by atoms with E-state index in [4.69, 9.17) is 9.47 Å². The average molecular weight is 321 g/mol. The predicted molar refractivity (Wildman–Crippen MR) is 76.3 cm³/mol. The van der Waals surface area contributed by atoms with Gasteiger partial charge in [-0.15, -0.1) is 0 Å². The number of hydrogen-bond acceptors (Lipinski definition) is 5. The molecule has 0 spiro atoms.